The highest BCUT2D eigenvalue weighted by Crippen LogP contribution is 2.33. The predicted molar refractivity (Wildman–Crippen MR) is 95.2 cm³/mol. The lowest BCUT2D eigenvalue weighted by atomic mass is 10.2. The summed E-state index contributed by atoms with van der Waals surface area (Å²) in [5.74, 6) is 0.540. The zero-order valence-electron chi connectivity index (χ0n) is 13.3. The molecule has 0 aliphatic heterocycles. The highest BCUT2D eigenvalue weighted by molar-refractivity contribution is 5.91. The zero-order chi connectivity index (χ0) is 17.0. The van der Waals surface area contributed by atoms with Crippen molar-refractivity contribution in [1.29, 1.82) is 0 Å². The van der Waals surface area contributed by atoms with E-state index in [1.807, 2.05) is 12.1 Å². The number of pyridine rings is 4. The van der Waals surface area contributed by atoms with E-state index in [2.05, 4.69) is 9.97 Å². The first-order valence-corrected chi connectivity index (χ1v) is 8.21. The van der Waals surface area contributed by atoms with Gasteiger partial charge >= 0.3 is 0 Å². The van der Waals surface area contributed by atoms with Gasteiger partial charge in [0, 0.05) is 24.6 Å². The van der Waals surface area contributed by atoms with E-state index >= 15 is 0 Å². The molecule has 4 heterocycles. The molecule has 1 aliphatic carbocycles. The molecule has 0 amide bonds. The molecule has 0 radical (unpaired) electrons. The van der Waals surface area contributed by atoms with Gasteiger partial charge in [-0.3, -0.25) is 14.2 Å². The number of hydrogen-bond acceptors (Lipinski definition) is 4. The Balaban J connectivity index is 1.82. The molecule has 6 nitrogen and oxygen atoms in total. The van der Waals surface area contributed by atoms with Crippen LogP contribution >= 0.6 is 0 Å². The molecule has 4 aromatic heterocycles. The molecular weight excluding hydrogens is 316 g/mol. The van der Waals surface area contributed by atoms with E-state index in [1.165, 1.54) is 4.57 Å². The minimum absolute atomic E-state index is 0.0814. The number of aromatic nitrogens is 4. The van der Waals surface area contributed by atoms with Crippen LogP contribution in [0.2, 0.25) is 0 Å². The maximum absolute atomic E-state index is 12.9. The van der Waals surface area contributed by atoms with Crippen molar-refractivity contribution >= 4 is 21.8 Å². The van der Waals surface area contributed by atoms with Gasteiger partial charge in [-0.1, -0.05) is 6.07 Å². The average molecular weight is 330 g/mol. The molecule has 0 atom stereocenters. The summed E-state index contributed by atoms with van der Waals surface area (Å²) in [4.78, 5) is 34.3. The minimum Gasteiger partial charge on any atom is -0.312 e. The average Bonchev–Trinajstić information content (AvgIpc) is 3.47. The maximum atomic E-state index is 12.9. The van der Waals surface area contributed by atoms with E-state index in [9.17, 15) is 9.59 Å². The fraction of sp³-hybridized carbons (Fsp3) is 0.158. The van der Waals surface area contributed by atoms with Crippen LogP contribution in [0.15, 0.2) is 64.6 Å². The molecule has 0 aromatic carbocycles. The predicted octanol–water partition coefficient (Wildman–Crippen LogP) is 2.43. The van der Waals surface area contributed by atoms with Gasteiger partial charge < -0.3 is 4.57 Å². The van der Waals surface area contributed by atoms with E-state index in [-0.39, 0.29) is 17.2 Å². The third-order valence-corrected chi connectivity index (χ3v) is 4.61. The first-order valence-electron chi connectivity index (χ1n) is 8.21. The fourth-order valence-corrected chi connectivity index (χ4v) is 3.16. The fourth-order valence-electron chi connectivity index (χ4n) is 3.16. The van der Waals surface area contributed by atoms with Crippen molar-refractivity contribution in [2.24, 2.45) is 0 Å². The highest BCUT2D eigenvalue weighted by atomic mass is 16.1. The molecule has 6 heteroatoms. The molecule has 122 valence electrons. The van der Waals surface area contributed by atoms with Crippen molar-refractivity contribution in [3.63, 3.8) is 0 Å². The van der Waals surface area contributed by atoms with E-state index in [4.69, 9.17) is 0 Å². The Morgan fingerprint density at radius 3 is 2.40 bits per heavy atom. The third kappa shape index (κ3) is 2.18. The first kappa shape index (κ1) is 14.1. The van der Waals surface area contributed by atoms with Gasteiger partial charge in [-0.25, -0.2) is 9.97 Å². The Hall–Kier alpha value is -3.28. The summed E-state index contributed by atoms with van der Waals surface area (Å²) in [5, 5.41) is 0.907. The summed E-state index contributed by atoms with van der Waals surface area (Å²) in [6, 6.07) is 11.0. The summed E-state index contributed by atoms with van der Waals surface area (Å²) >= 11 is 0. The normalized spacial score (nSPS) is 14.2. The van der Waals surface area contributed by atoms with Crippen LogP contribution in [-0.4, -0.2) is 19.1 Å². The van der Waals surface area contributed by atoms with Gasteiger partial charge in [0.1, 0.15) is 5.82 Å². The van der Waals surface area contributed by atoms with Crippen molar-refractivity contribution in [1.82, 2.24) is 19.1 Å². The van der Waals surface area contributed by atoms with Gasteiger partial charge in [0.15, 0.2) is 0 Å². The maximum Gasteiger partial charge on any atom is 0.265 e. The van der Waals surface area contributed by atoms with E-state index in [1.54, 1.807) is 47.4 Å². The molecule has 4 aromatic rings. The van der Waals surface area contributed by atoms with Crippen molar-refractivity contribution in [3.05, 3.63) is 75.7 Å². The summed E-state index contributed by atoms with van der Waals surface area (Å²) < 4.78 is 3.22. The van der Waals surface area contributed by atoms with Crippen LogP contribution < -0.4 is 11.1 Å². The third-order valence-electron chi connectivity index (χ3n) is 4.61. The molecule has 0 unspecified atom stereocenters. The van der Waals surface area contributed by atoms with Crippen LogP contribution in [-0.2, 0) is 0 Å². The van der Waals surface area contributed by atoms with Crippen molar-refractivity contribution in [3.8, 4) is 5.82 Å². The Labute approximate surface area is 142 Å². The Morgan fingerprint density at radius 2 is 1.68 bits per heavy atom. The molecular formula is C19H14N4O2. The number of nitrogens with zero attached hydrogens (tertiary/aromatic N) is 4. The second-order valence-corrected chi connectivity index (χ2v) is 6.29. The largest absolute Gasteiger partial charge is 0.312 e. The van der Waals surface area contributed by atoms with E-state index in [0.29, 0.717) is 27.6 Å². The molecule has 0 bridgehead atoms. The summed E-state index contributed by atoms with van der Waals surface area (Å²) in [6.45, 7) is 0. The summed E-state index contributed by atoms with van der Waals surface area (Å²) in [7, 11) is 0. The molecule has 1 fully saturated rings. The Morgan fingerprint density at radius 1 is 0.920 bits per heavy atom. The summed E-state index contributed by atoms with van der Waals surface area (Å²) in [6.07, 6.45) is 7.16. The van der Waals surface area contributed by atoms with Crippen LogP contribution in [0.25, 0.3) is 27.6 Å². The van der Waals surface area contributed by atoms with Gasteiger partial charge in [-0.05, 0) is 43.2 Å². The van der Waals surface area contributed by atoms with Crippen molar-refractivity contribution < 1.29 is 0 Å². The van der Waals surface area contributed by atoms with Crippen LogP contribution in [0.3, 0.4) is 0 Å². The van der Waals surface area contributed by atoms with Crippen LogP contribution in [0.5, 0.6) is 0 Å². The second kappa shape index (κ2) is 5.11. The van der Waals surface area contributed by atoms with Gasteiger partial charge in [0.05, 0.1) is 21.8 Å². The van der Waals surface area contributed by atoms with Crippen LogP contribution in [0, 0.1) is 0 Å². The number of hydrogen-bond donors (Lipinski definition) is 0. The smallest absolute Gasteiger partial charge is 0.265 e. The summed E-state index contributed by atoms with van der Waals surface area (Å²) in [5.41, 5.74) is 0.881. The molecule has 25 heavy (non-hydrogen) atoms. The Kier molecular flexibility index (Phi) is 2.88. The van der Waals surface area contributed by atoms with Gasteiger partial charge in [0.25, 0.3) is 11.1 Å². The van der Waals surface area contributed by atoms with Crippen molar-refractivity contribution in [2.75, 3.05) is 0 Å². The lowest BCUT2D eigenvalue weighted by Crippen LogP contribution is -2.21. The van der Waals surface area contributed by atoms with E-state index in [0.717, 1.165) is 12.8 Å². The monoisotopic (exact) mass is 330 g/mol. The number of fused-ring (bicyclic) bond motifs is 2. The molecule has 0 N–H and O–H groups in total. The molecule has 1 saturated carbocycles. The number of rotatable bonds is 2. The van der Waals surface area contributed by atoms with Crippen LogP contribution in [0.4, 0.5) is 0 Å². The lowest BCUT2D eigenvalue weighted by Gasteiger charge is -2.08. The second-order valence-electron chi connectivity index (χ2n) is 6.29. The topological polar surface area (TPSA) is 69.8 Å². The zero-order valence-corrected chi connectivity index (χ0v) is 13.3. The van der Waals surface area contributed by atoms with Crippen LogP contribution in [0.1, 0.15) is 18.9 Å². The molecule has 0 spiro atoms. The van der Waals surface area contributed by atoms with E-state index < -0.39 is 0 Å². The Bertz CT molecular complexity index is 1240. The standard InChI is InChI=1S/C19H14N4O2/c24-18-13-11-14-16(21-15(13)6-9-22(18)12-4-5-12)7-10-23(19(14)25)17-3-1-2-8-20-17/h1-3,6-12H,4-5H2. The van der Waals surface area contributed by atoms with Crippen molar-refractivity contribution in [2.45, 2.75) is 18.9 Å². The minimum atomic E-state index is -0.230. The van der Waals surface area contributed by atoms with Gasteiger partial charge in [-0.2, -0.15) is 0 Å². The van der Waals surface area contributed by atoms with Gasteiger partial charge in [-0.15, -0.1) is 0 Å². The van der Waals surface area contributed by atoms with Gasteiger partial charge in [0.2, 0.25) is 0 Å². The molecule has 0 saturated heterocycles. The SMILES string of the molecule is O=c1c2cc3c(=O)n(C4CC4)ccc3nc2ccn1-c1ccccn1. The molecule has 5 rings (SSSR count). The highest BCUT2D eigenvalue weighted by Gasteiger charge is 2.25. The molecule has 1 aliphatic rings. The lowest BCUT2D eigenvalue weighted by molar-refractivity contribution is 0.714. The quantitative estimate of drug-likeness (QED) is 0.529. The first-order chi connectivity index (χ1) is 12.2.